The number of nitrogens with one attached hydrogen (secondary N) is 4. The number of aryl methyl sites for hydroxylation is 1. The monoisotopic (exact) mass is 856 g/mol. The maximum absolute atomic E-state index is 14.0. The van der Waals surface area contributed by atoms with Gasteiger partial charge in [0.15, 0.2) is 0 Å². The zero-order valence-corrected chi connectivity index (χ0v) is 35.9. The van der Waals surface area contributed by atoms with Crippen LogP contribution < -0.4 is 26.2 Å². The lowest BCUT2D eigenvalue weighted by atomic mass is 9.92. The summed E-state index contributed by atoms with van der Waals surface area (Å²) in [5.41, 5.74) is 2.75. The zero-order chi connectivity index (χ0) is 45.2. The van der Waals surface area contributed by atoms with Crippen molar-refractivity contribution in [3.05, 3.63) is 77.4 Å². The van der Waals surface area contributed by atoms with E-state index in [0.717, 1.165) is 41.8 Å². The number of carbonyl (C=O) groups excluding carboxylic acids is 6. The summed E-state index contributed by atoms with van der Waals surface area (Å²) in [7, 11) is 3.73. The zero-order valence-electron chi connectivity index (χ0n) is 35.9. The smallest absolute Gasteiger partial charge is 0.326 e. The maximum atomic E-state index is 14.0. The predicted molar refractivity (Wildman–Crippen MR) is 234 cm³/mol. The number of nitrogens with zero attached hydrogens (tertiary/aromatic N) is 2. The molecule has 62 heavy (non-hydrogen) atoms. The average molecular weight is 857 g/mol. The SMILES string of the molecule is CC(=O)CCCC(CCNCCCCc1ccccc1)C(=O)NC(CCN1C(=O)c2cccc3c(N(C)C)ccc(c23)C1=O)C(=O)NCCC(NC(=O)CCCC(=O)O)C(=O)O. The number of aliphatic carboxylic acids is 2. The molecule has 0 radical (unpaired) electrons. The van der Waals surface area contributed by atoms with E-state index in [1.165, 1.54) is 12.5 Å². The molecule has 3 aromatic carbocycles. The van der Waals surface area contributed by atoms with Gasteiger partial charge in [-0.1, -0.05) is 42.5 Å². The van der Waals surface area contributed by atoms with Crippen LogP contribution in [-0.4, -0.2) is 115 Å². The normalized spacial score (nSPS) is 13.6. The summed E-state index contributed by atoms with van der Waals surface area (Å²) < 4.78 is 0. The molecule has 1 heterocycles. The number of imide groups is 1. The van der Waals surface area contributed by atoms with Gasteiger partial charge in [0.1, 0.15) is 17.9 Å². The molecule has 3 atom stereocenters. The summed E-state index contributed by atoms with van der Waals surface area (Å²) in [6, 6.07) is 16.2. The van der Waals surface area contributed by atoms with Crippen molar-refractivity contribution in [2.45, 2.75) is 96.1 Å². The van der Waals surface area contributed by atoms with E-state index < -0.39 is 59.5 Å². The standard InChI is InChI=1S/C46H60N6O10/c1-30(53)12-9-16-32(23-27-47-26-8-7-15-31-13-5-4-6-14-31)42(57)50-36(43(58)48-28-24-37(46(61)62)49-39(54)19-11-20-40(55)56)25-29-52-44(59)34-18-10-17-33-38(51(2)3)22-21-35(41(33)34)45(52)60/h4-6,10,13-14,17-18,21-22,32,36-37,47H,7-9,11-12,15-16,19-20,23-29H2,1-3H3,(H,48,58)(H,49,54)(H,50,57)(H,55,56)(H,61,62). The molecule has 0 fully saturated rings. The number of rotatable bonds is 28. The highest BCUT2D eigenvalue weighted by Gasteiger charge is 2.35. The van der Waals surface area contributed by atoms with Crippen LogP contribution in [0.2, 0.25) is 0 Å². The van der Waals surface area contributed by atoms with Crippen molar-refractivity contribution in [2.24, 2.45) is 5.92 Å². The highest BCUT2D eigenvalue weighted by atomic mass is 16.4. The predicted octanol–water partition coefficient (Wildman–Crippen LogP) is 4.09. The number of carbonyl (C=O) groups is 8. The second-order valence-electron chi connectivity index (χ2n) is 15.9. The lowest BCUT2D eigenvalue weighted by molar-refractivity contribution is -0.142. The third-order valence-electron chi connectivity index (χ3n) is 10.9. The Morgan fingerprint density at radius 1 is 0.677 bits per heavy atom. The van der Waals surface area contributed by atoms with Crippen LogP contribution >= 0.6 is 0 Å². The van der Waals surface area contributed by atoms with Crippen LogP contribution in [0.3, 0.4) is 0 Å². The summed E-state index contributed by atoms with van der Waals surface area (Å²) in [5, 5.41) is 31.1. The third kappa shape index (κ3) is 14.5. The minimum Gasteiger partial charge on any atom is -0.481 e. The van der Waals surface area contributed by atoms with Crippen LogP contribution in [0.15, 0.2) is 60.7 Å². The number of benzene rings is 3. The van der Waals surface area contributed by atoms with Gasteiger partial charge in [-0.2, -0.15) is 0 Å². The number of unbranched alkanes of at least 4 members (excludes halogenated alkanes) is 1. The minimum atomic E-state index is -1.39. The number of hydrogen-bond donors (Lipinski definition) is 6. The number of hydrogen-bond acceptors (Lipinski definition) is 10. The van der Waals surface area contributed by atoms with Crippen molar-refractivity contribution in [3.8, 4) is 0 Å². The molecule has 16 heteroatoms. The van der Waals surface area contributed by atoms with E-state index in [1.807, 2.05) is 43.3 Å². The molecule has 6 N–H and O–H groups in total. The summed E-state index contributed by atoms with van der Waals surface area (Å²) in [4.78, 5) is 106. The fourth-order valence-corrected chi connectivity index (χ4v) is 7.56. The molecule has 0 aromatic heterocycles. The molecular weight excluding hydrogens is 797 g/mol. The van der Waals surface area contributed by atoms with Gasteiger partial charge in [0.2, 0.25) is 17.7 Å². The highest BCUT2D eigenvalue weighted by molar-refractivity contribution is 6.26. The summed E-state index contributed by atoms with van der Waals surface area (Å²) in [5.74, 6) is -5.92. The second kappa shape index (κ2) is 24.3. The van der Waals surface area contributed by atoms with E-state index in [1.54, 1.807) is 24.3 Å². The van der Waals surface area contributed by atoms with Gasteiger partial charge in [0, 0.05) is 80.0 Å². The Labute approximate surface area is 362 Å². The molecule has 0 spiro atoms. The Morgan fingerprint density at radius 2 is 1.40 bits per heavy atom. The lowest BCUT2D eigenvalue weighted by Crippen LogP contribution is -2.52. The van der Waals surface area contributed by atoms with Crippen molar-refractivity contribution in [3.63, 3.8) is 0 Å². The number of amides is 5. The molecule has 0 saturated carbocycles. The van der Waals surface area contributed by atoms with Gasteiger partial charge in [-0.3, -0.25) is 33.7 Å². The molecule has 1 aliphatic heterocycles. The summed E-state index contributed by atoms with van der Waals surface area (Å²) in [6.07, 6.45) is 3.58. The van der Waals surface area contributed by atoms with Crippen molar-refractivity contribution >= 4 is 63.7 Å². The van der Waals surface area contributed by atoms with Crippen molar-refractivity contribution in [2.75, 3.05) is 45.2 Å². The lowest BCUT2D eigenvalue weighted by Gasteiger charge is -2.30. The number of carboxylic acids is 2. The molecule has 3 unspecified atom stereocenters. The molecule has 5 amide bonds. The van der Waals surface area contributed by atoms with Gasteiger partial charge in [-0.15, -0.1) is 0 Å². The fraction of sp³-hybridized carbons (Fsp3) is 0.478. The van der Waals surface area contributed by atoms with E-state index in [4.69, 9.17) is 5.11 Å². The molecule has 3 aromatic rings. The van der Waals surface area contributed by atoms with Gasteiger partial charge in [-0.05, 0) is 102 Å². The Balaban J connectivity index is 1.47. The molecular formula is C46H60N6O10. The van der Waals surface area contributed by atoms with Crippen LogP contribution in [0.1, 0.15) is 104 Å². The largest absolute Gasteiger partial charge is 0.481 e. The first kappa shape index (κ1) is 48.5. The third-order valence-corrected chi connectivity index (χ3v) is 10.9. The van der Waals surface area contributed by atoms with Gasteiger partial charge in [0.25, 0.3) is 11.8 Å². The Kier molecular flexibility index (Phi) is 19.0. The summed E-state index contributed by atoms with van der Waals surface area (Å²) >= 11 is 0. The first-order valence-electron chi connectivity index (χ1n) is 21.3. The molecule has 1 aliphatic rings. The van der Waals surface area contributed by atoms with Crippen LogP contribution in [0.25, 0.3) is 10.8 Å². The Morgan fingerprint density at radius 3 is 2.08 bits per heavy atom. The fourth-order valence-electron chi connectivity index (χ4n) is 7.56. The van der Waals surface area contributed by atoms with Crippen LogP contribution in [0.5, 0.6) is 0 Å². The van der Waals surface area contributed by atoms with Crippen molar-refractivity contribution in [1.82, 2.24) is 26.2 Å². The number of Topliss-reactive ketones (excluding diaryl/α,β-unsaturated/α-hetero) is 1. The molecule has 0 bridgehead atoms. The van der Waals surface area contributed by atoms with Gasteiger partial charge in [0.05, 0.1) is 0 Å². The Bertz CT molecular complexity index is 2050. The number of carboxylic acid groups (broad SMARTS) is 2. The van der Waals surface area contributed by atoms with Crippen LogP contribution in [-0.2, 0) is 35.2 Å². The van der Waals surface area contributed by atoms with E-state index in [0.29, 0.717) is 42.3 Å². The van der Waals surface area contributed by atoms with E-state index in [-0.39, 0.29) is 57.4 Å². The van der Waals surface area contributed by atoms with Gasteiger partial charge >= 0.3 is 11.9 Å². The average Bonchev–Trinajstić information content (AvgIpc) is 3.23. The number of ketones is 1. The maximum Gasteiger partial charge on any atom is 0.326 e. The molecule has 0 saturated heterocycles. The topological polar surface area (TPSA) is 232 Å². The van der Waals surface area contributed by atoms with Gasteiger partial charge < -0.3 is 41.2 Å². The quantitative estimate of drug-likeness (QED) is 0.0448. The van der Waals surface area contributed by atoms with E-state index in [9.17, 15) is 43.5 Å². The van der Waals surface area contributed by atoms with Crippen LogP contribution in [0.4, 0.5) is 5.69 Å². The van der Waals surface area contributed by atoms with Crippen molar-refractivity contribution in [1.29, 1.82) is 0 Å². The molecule has 334 valence electrons. The second-order valence-corrected chi connectivity index (χ2v) is 15.9. The van der Waals surface area contributed by atoms with Gasteiger partial charge in [-0.25, -0.2) is 4.79 Å². The highest BCUT2D eigenvalue weighted by Crippen LogP contribution is 2.35. The number of anilines is 1. The minimum absolute atomic E-state index is 0.0138. The van der Waals surface area contributed by atoms with Crippen LogP contribution in [0, 0.1) is 5.92 Å². The molecule has 4 rings (SSSR count). The Hall–Kier alpha value is -6.16. The molecule has 0 aliphatic carbocycles. The van der Waals surface area contributed by atoms with Crippen molar-refractivity contribution < 1.29 is 48.6 Å². The van der Waals surface area contributed by atoms with E-state index in [2.05, 4.69) is 33.4 Å². The summed E-state index contributed by atoms with van der Waals surface area (Å²) in [6.45, 7) is 2.28. The molecule has 16 nitrogen and oxygen atoms in total. The van der Waals surface area contributed by atoms with E-state index >= 15 is 0 Å². The first-order valence-corrected chi connectivity index (χ1v) is 21.3. The first-order chi connectivity index (χ1) is 29.7.